The van der Waals surface area contributed by atoms with E-state index in [0.717, 1.165) is 45.4 Å². The SMILES string of the molecule is CCCC(=O)Nc1cncc(-c2ccc3[nH]nc(-c4nc5c(-c6ccsc6)cccc5[nH]4)c3n2)c1. The number of aromatic nitrogens is 6. The Morgan fingerprint density at radius 3 is 2.83 bits per heavy atom. The zero-order chi connectivity index (χ0) is 23.8. The van der Waals surface area contributed by atoms with E-state index in [1.54, 1.807) is 23.7 Å². The molecule has 0 radical (unpaired) electrons. The summed E-state index contributed by atoms with van der Waals surface area (Å²) in [5.74, 6) is 0.621. The number of benzene rings is 1. The molecule has 9 heteroatoms. The first-order valence-corrected chi connectivity index (χ1v) is 12.3. The molecule has 5 aromatic heterocycles. The third-order valence-electron chi connectivity index (χ3n) is 5.77. The fraction of sp³-hybridized carbons (Fsp3) is 0.115. The molecule has 1 amide bonds. The molecule has 0 spiro atoms. The minimum atomic E-state index is -0.0290. The summed E-state index contributed by atoms with van der Waals surface area (Å²) in [6, 6.07) is 13.9. The molecule has 0 bridgehead atoms. The third-order valence-corrected chi connectivity index (χ3v) is 6.45. The second kappa shape index (κ2) is 8.77. The van der Waals surface area contributed by atoms with E-state index in [9.17, 15) is 4.79 Å². The number of hydrogen-bond donors (Lipinski definition) is 3. The average molecular weight is 480 g/mol. The number of rotatable bonds is 6. The molecule has 6 rings (SSSR count). The Hall–Kier alpha value is -4.37. The van der Waals surface area contributed by atoms with Crippen molar-refractivity contribution in [1.82, 2.24) is 30.1 Å². The van der Waals surface area contributed by atoms with Gasteiger partial charge in [-0.1, -0.05) is 19.1 Å². The largest absolute Gasteiger partial charge is 0.336 e. The number of nitrogens with zero attached hydrogens (tertiary/aromatic N) is 4. The minimum Gasteiger partial charge on any atom is -0.336 e. The summed E-state index contributed by atoms with van der Waals surface area (Å²) in [7, 11) is 0. The van der Waals surface area contributed by atoms with Crippen molar-refractivity contribution in [1.29, 1.82) is 0 Å². The predicted octanol–water partition coefficient (Wildman–Crippen LogP) is 6.03. The molecule has 35 heavy (non-hydrogen) atoms. The molecule has 0 aliphatic carbocycles. The van der Waals surface area contributed by atoms with Crippen LogP contribution in [0.4, 0.5) is 5.69 Å². The monoisotopic (exact) mass is 479 g/mol. The minimum absolute atomic E-state index is 0.0290. The van der Waals surface area contributed by atoms with E-state index in [-0.39, 0.29) is 5.91 Å². The summed E-state index contributed by atoms with van der Waals surface area (Å²) >= 11 is 1.66. The first-order valence-electron chi connectivity index (χ1n) is 11.3. The number of nitrogens with one attached hydrogen (secondary N) is 3. The van der Waals surface area contributed by atoms with Crippen LogP contribution in [0.25, 0.3) is 56.0 Å². The lowest BCUT2D eigenvalue weighted by Gasteiger charge is -2.06. The number of imidazole rings is 1. The summed E-state index contributed by atoms with van der Waals surface area (Å²) in [6.07, 6.45) is 4.63. The summed E-state index contributed by atoms with van der Waals surface area (Å²) in [4.78, 5) is 29.5. The Bertz CT molecular complexity index is 1670. The van der Waals surface area contributed by atoms with Gasteiger partial charge in [0.1, 0.15) is 5.52 Å². The average Bonchev–Trinajstić information content (AvgIpc) is 3.63. The zero-order valence-corrected chi connectivity index (χ0v) is 19.7. The highest BCUT2D eigenvalue weighted by molar-refractivity contribution is 7.08. The Kier molecular flexibility index (Phi) is 5.31. The highest BCUT2D eigenvalue weighted by Gasteiger charge is 2.17. The number of hydrogen-bond acceptors (Lipinski definition) is 6. The van der Waals surface area contributed by atoms with Gasteiger partial charge in [-0.2, -0.15) is 16.4 Å². The van der Waals surface area contributed by atoms with Crippen molar-refractivity contribution in [2.45, 2.75) is 19.8 Å². The van der Waals surface area contributed by atoms with E-state index in [4.69, 9.17) is 9.97 Å². The van der Waals surface area contributed by atoms with E-state index >= 15 is 0 Å². The van der Waals surface area contributed by atoms with Gasteiger partial charge in [0.25, 0.3) is 0 Å². The van der Waals surface area contributed by atoms with Crippen LogP contribution in [0.5, 0.6) is 0 Å². The van der Waals surface area contributed by atoms with Crippen LogP contribution in [-0.2, 0) is 4.79 Å². The van der Waals surface area contributed by atoms with E-state index in [1.165, 1.54) is 0 Å². The van der Waals surface area contributed by atoms with Crippen molar-refractivity contribution < 1.29 is 4.79 Å². The van der Waals surface area contributed by atoms with Crippen molar-refractivity contribution >= 4 is 45.0 Å². The highest BCUT2D eigenvalue weighted by Crippen LogP contribution is 2.32. The number of para-hydroxylation sites is 1. The van der Waals surface area contributed by atoms with Crippen molar-refractivity contribution in [3.05, 3.63) is 65.6 Å². The normalized spacial score (nSPS) is 11.3. The van der Waals surface area contributed by atoms with Gasteiger partial charge in [0.2, 0.25) is 5.91 Å². The van der Waals surface area contributed by atoms with Crippen LogP contribution >= 0.6 is 11.3 Å². The van der Waals surface area contributed by atoms with Gasteiger partial charge in [0, 0.05) is 23.7 Å². The first kappa shape index (κ1) is 21.2. The van der Waals surface area contributed by atoms with Crippen LogP contribution in [0.1, 0.15) is 19.8 Å². The number of carbonyl (C=O) groups excluding carboxylic acids is 1. The second-order valence-electron chi connectivity index (χ2n) is 8.22. The van der Waals surface area contributed by atoms with Crippen LogP contribution in [0, 0.1) is 0 Å². The Labute approximate surface area is 204 Å². The lowest BCUT2D eigenvalue weighted by Crippen LogP contribution is -2.10. The molecule has 172 valence electrons. The zero-order valence-electron chi connectivity index (χ0n) is 18.9. The van der Waals surface area contributed by atoms with Crippen LogP contribution in [0.3, 0.4) is 0 Å². The number of H-pyrrole nitrogens is 2. The second-order valence-corrected chi connectivity index (χ2v) is 9.00. The number of anilines is 1. The van der Waals surface area contributed by atoms with E-state index in [0.29, 0.717) is 29.1 Å². The van der Waals surface area contributed by atoms with Crippen molar-refractivity contribution in [2.24, 2.45) is 0 Å². The molecule has 0 saturated carbocycles. The van der Waals surface area contributed by atoms with Gasteiger partial charge in [0.15, 0.2) is 11.5 Å². The maximum absolute atomic E-state index is 12.0. The number of thiophene rings is 1. The van der Waals surface area contributed by atoms with Gasteiger partial charge < -0.3 is 10.3 Å². The molecule has 0 fully saturated rings. The number of pyridine rings is 2. The lowest BCUT2D eigenvalue weighted by atomic mass is 10.1. The van der Waals surface area contributed by atoms with Gasteiger partial charge >= 0.3 is 0 Å². The lowest BCUT2D eigenvalue weighted by molar-refractivity contribution is -0.116. The first-order chi connectivity index (χ1) is 17.2. The van der Waals surface area contributed by atoms with E-state index < -0.39 is 0 Å². The molecule has 0 aliphatic heterocycles. The molecule has 8 nitrogen and oxygen atoms in total. The molecule has 1 aromatic carbocycles. The van der Waals surface area contributed by atoms with Gasteiger partial charge in [-0.25, -0.2) is 9.97 Å². The maximum Gasteiger partial charge on any atom is 0.224 e. The van der Waals surface area contributed by atoms with Crippen LogP contribution < -0.4 is 5.32 Å². The summed E-state index contributed by atoms with van der Waals surface area (Å²) in [5, 5.41) is 14.6. The standard InChI is InChI=1S/C26H21N7OS/c1-2-4-22(34)28-17-11-16(12-27-13-17)19-7-8-21-24(29-19)25(33-32-21)26-30-20-6-3-5-18(23(20)31-26)15-9-10-35-14-15/h3,5-14H,2,4H2,1H3,(H,28,34)(H,30,31)(H,32,33). The molecule has 0 unspecified atom stereocenters. The molecule has 6 aromatic rings. The van der Waals surface area contributed by atoms with Gasteiger partial charge in [-0.3, -0.25) is 14.9 Å². The fourth-order valence-electron chi connectivity index (χ4n) is 4.12. The molecule has 3 N–H and O–H groups in total. The number of aromatic amines is 2. The number of carbonyl (C=O) groups is 1. The molecule has 0 saturated heterocycles. The van der Waals surface area contributed by atoms with Crippen LogP contribution in [0.2, 0.25) is 0 Å². The van der Waals surface area contributed by atoms with Crippen molar-refractivity contribution in [3.8, 4) is 33.9 Å². The maximum atomic E-state index is 12.0. The van der Waals surface area contributed by atoms with Crippen LogP contribution in [-0.4, -0.2) is 36.0 Å². The topological polar surface area (TPSA) is 112 Å². The third kappa shape index (κ3) is 3.95. The quantitative estimate of drug-likeness (QED) is 0.270. The Balaban J connectivity index is 1.40. The Morgan fingerprint density at radius 2 is 1.97 bits per heavy atom. The van der Waals surface area contributed by atoms with Crippen LogP contribution in [0.15, 0.2) is 65.6 Å². The molecule has 0 aliphatic rings. The van der Waals surface area contributed by atoms with E-state index in [1.807, 2.05) is 37.3 Å². The highest BCUT2D eigenvalue weighted by atomic mass is 32.1. The van der Waals surface area contributed by atoms with E-state index in [2.05, 4.69) is 48.4 Å². The fourth-order valence-corrected chi connectivity index (χ4v) is 4.77. The number of amides is 1. The van der Waals surface area contributed by atoms with Gasteiger partial charge in [-0.05, 0) is 53.1 Å². The van der Waals surface area contributed by atoms with Gasteiger partial charge in [0.05, 0.1) is 34.1 Å². The Morgan fingerprint density at radius 1 is 1.03 bits per heavy atom. The summed E-state index contributed by atoms with van der Waals surface area (Å²) < 4.78 is 0. The molecular weight excluding hydrogens is 458 g/mol. The molecular formula is C26H21N7OS. The van der Waals surface area contributed by atoms with Crippen molar-refractivity contribution in [3.63, 3.8) is 0 Å². The molecule has 0 atom stereocenters. The van der Waals surface area contributed by atoms with Crippen molar-refractivity contribution in [2.75, 3.05) is 5.32 Å². The summed E-state index contributed by atoms with van der Waals surface area (Å²) in [6.45, 7) is 1.97. The summed E-state index contributed by atoms with van der Waals surface area (Å²) in [5.41, 5.74) is 8.40. The molecule has 5 heterocycles. The number of fused-ring (bicyclic) bond motifs is 2. The predicted molar refractivity (Wildman–Crippen MR) is 139 cm³/mol. The smallest absolute Gasteiger partial charge is 0.224 e. The van der Waals surface area contributed by atoms with Gasteiger partial charge in [-0.15, -0.1) is 0 Å².